The maximum atomic E-state index is 13.4. The van der Waals surface area contributed by atoms with Crippen LogP contribution < -0.4 is 5.73 Å². The molecule has 0 spiro atoms. The summed E-state index contributed by atoms with van der Waals surface area (Å²) in [5.41, 5.74) is 5.66. The van der Waals surface area contributed by atoms with Gasteiger partial charge >= 0.3 is 0 Å². The first kappa shape index (κ1) is 16.0. The fourth-order valence-corrected chi connectivity index (χ4v) is 1.51. The lowest BCUT2D eigenvalue weighted by Gasteiger charge is -2.20. The number of hydrogen-bond donors (Lipinski definition) is 1. The van der Waals surface area contributed by atoms with Crippen LogP contribution in [-0.2, 0) is 9.47 Å². The van der Waals surface area contributed by atoms with Crippen molar-refractivity contribution in [1.82, 2.24) is 0 Å². The molecule has 0 aromatic heterocycles. The minimum absolute atomic E-state index is 0.119. The van der Waals surface area contributed by atoms with Gasteiger partial charge in [0.2, 0.25) is 0 Å². The van der Waals surface area contributed by atoms with Gasteiger partial charge in [-0.25, -0.2) is 8.78 Å². The van der Waals surface area contributed by atoms with Crippen molar-refractivity contribution >= 4 is 0 Å². The van der Waals surface area contributed by atoms with Crippen molar-refractivity contribution in [3.05, 3.63) is 35.4 Å². The summed E-state index contributed by atoms with van der Waals surface area (Å²) >= 11 is 0. The second-order valence-corrected chi connectivity index (χ2v) is 5.31. The van der Waals surface area contributed by atoms with E-state index in [9.17, 15) is 8.78 Å². The Balaban J connectivity index is 2.35. The van der Waals surface area contributed by atoms with Crippen LogP contribution in [0.25, 0.3) is 0 Å². The molecular weight excluding hydrogens is 252 g/mol. The molecular formula is C14H21F2NO2. The Hall–Kier alpha value is -1.04. The molecule has 0 amide bonds. The van der Waals surface area contributed by atoms with Gasteiger partial charge in [0.1, 0.15) is 11.6 Å². The summed E-state index contributed by atoms with van der Waals surface area (Å²) in [5, 5.41) is 0. The van der Waals surface area contributed by atoms with Gasteiger partial charge in [0.15, 0.2) is 0 Å². The minimum atomic E-state index is -0.690. The summed E-state index contributed by atoms with van der Waals surface area (Å²) in [5.74, 6) is -1.04. The Morgan fingerprint density at radius 1 is 1.21 bits per heavy atom. The molecule has 1 aromatic rings. The van der Waals surface area contributed by atoms with Gasteiger partial charge in [-0.15, -0.1) is 0 Å². The van der Waals surface area contributed by atoms with Crippen LogP contribution in [0.5, 0.6) is 0 Å². The third kappa shape index (κ3) is 6.09. The zero-order chi connectivity index (χ0) is 14.5. The molecule has 1 atom stereocenters. The summed E-state index contributed by atoms with van der Waals surface area (Å²) in [4.78, 5) is 0. The number of hydrogen-bond acceptors (Lipinski definition) is 3. The van der Waals surface area contributed by atoms with E-state index < -0.39 is 17.7 Å². The van der Waals surface area contributed by atoms with E-state index in [1.807, 2.05) is 20.8 Å². The van der Waals surface area contributed by atoms with Crippen LogP contribution in [0.1, 0.15) is 32.4 Å². The molecule has 2 N–H and O–H groups in total. The van der Waals surface area contributed by atoms with Crippen molar-refractivity contribution in [2.75, 3.05) is 19.8 Å². The maximum absolute atomic E-state index is 13.4. The van der Waals surface area contributed by atoms with E-state index in [2.05, 4.69) is 0 Å². The lowest BCUT2D eigenvalue weighted by molar-refractivity contribution is -0.0364. The monoisotopic (exact) mass is 273 g/mol. The van der Waals surface area contributed by atoms with Crippen LogP contribution in [0.2, 0.25) is 0 Å². The molecule has 0 saturated carbocycles. The minimum Gasteiger partial charge on any atom is -0.377 e. The zero-order valence-electron chi connectivity index (χ0n) is 11.6. The van der Waals surface area contributed by atoms with Crippen LogP contribution in [0.4, 0.5) is 8.78 Å². The third-order valence-corrected chi connectivity index (χ3v) is 2.42. The molecule has 3 nitrogen and oxygen atoms in total. The van der Waals surface area contributed by atoms with Crippen molar-refractivity contribution in [3.63, 3.8) is 0 Å². The fraction of sp³-hybridized carbons (Fsp3) is 0.571. The largest absolute Gasteiger partial charge is 0.377 e. The lowest BCUT2D eigenvalue weighted by atomic mass is 10.1. The number of ether oxygens (including phenoxy) is 2. The highest BCUT2D eigenvalue weighted by Crippen LogP contribution is 2.16. The average molecular weight is 273 g/mol. The van der Waals surface area contributed by atoms with E-state index in [0.717, 1.165) is 18.2 Å². The molecule has 108 valence electrons. The summed E-state index contributed by atoms with van der Waals surface area (Å²) in [6, 6.07) is 2.52. The first-order chi connectivity index (χ1) is 8.79. The molecule has 0 aliphatic heterocycles. The normalized spacial score (nSPS) is 13.6. The number of benzene rings is 1. The summed E-state index contributed by atoms with van der Waals surface area (Å²) in [7, 11) is 0. The van der Waals surface area contributed by atoms with E-state index >= 15 is 0 Å². The Bertz CT molecular complexity index is 405. The van der Waals surface area contributed by atoms with Gasteiger partial charge in [-0.3, -0.25) is 0 Å². The van der Waals surface area contributed by atoms with Gasteiger partial charge < -0.3 is 15.2 Å². The van der Waals surface area contributed by atoms with Gasteiger partial charge in [-0.2, -0.15) is 0 Å². The highest BCUT2D eigenvalue weighted by molar-refractivity contribution is 5.22. The summed E-state index contributed by atoms with van der Waals surface area (Å²) < 4.78 is 37.2. The van der Waals surface area contributed by atoms with Gasteiger partial charge in [-0.1, -0.05) is 0 Å². The van der Waals surface area contributed by atoms with Crippen LogP contribution >= 0.6 is 0 Å². The second-order valence-electron chi connectivity index (χ2n) is 5.31. The maximum Gasteiger partial charge on any atom is 0.128 e. The predicted molar refractivity (Wildman–Crippen MR) is 69.8 cm³/mol. The zero-order valence-corrected chi connectivity index (χ0v) is 11.6. The molecule has 0 aliphatic carbocycles. The van der Waals surface area contributed by atoms with E-state index in [1.165, 1.54) is 0 Å². The van der Waals surface area contributed by atoms with Crippen molar-refractivity contribution in [2.24, 2.45) is 5.73 Å². The topological polar surface area (TPSA) is 44.5 Å². The molecule has 0 radical (unpaired) electrons. The van der Waals surface area contributed by atoms with E-state index in [-0.39, 0.29) is 17.8 Å². The third-order valence-electron chi connectivity index (χ3n) is 2.42. The SMILES string of the molecule is CC(C)(C)OCCOCC(N)c1cc(F)ccc1F. The molecule has 1 rings (SSSR count). The van der Waals surface area contributed by atoms with Crippen LogP contribution in [-0.4, -0.2) is 25.4 Å². The van der Waals surface area contributed by atoms with Crippen molar-refractivity contribution in [1.29, 1.82) is 0 Å². The lowest BCUT2D eigenvalue weighted by Crippen LogP contribution is -2.24. The molecule has 0 bridgehead atoms. The summed E-state index contributed by atoms with van der Waals surface area (Å²) in [6.07, 6.45) is 0. The standard InChI is InChI=1S/C14H21F2NO2/c1-14(2,3)19-7-6-18-9-13(17)11-8-10(15)4-5-12(11)16/h4-5,8,13H,6-7,9,17H2,1-3H3. The summed E-state index contributed by atoms with van der Waals surface area (Å²) in [6.45, 7) is 6.75. The van der Waals surface area contributed by atoms with Gasteiger partial charge in [0.25, 0.3) is 0 Å². The molecule has 1 unspecified atom stereocenters. The highest BCUT2D eigenvalue weighted by Gasteiger charge is 2.13. The molecule has 0 aliphatic rings. The smallest absolute Gasteiger partial charge is 0.128 e. The molecule has 19 heavy (non-hydrogen) atoms. The average Bonchev–Trinajstić information content (AvgIpc) is 2.30. The molecule has 0 fully saturated rings. The fourth-order valence-electron chi connectivity index (χ4n) is 1.51. The Kier molecular flexibility index (Phi) is 5.85. The molecule has 5 heteroatoms. The molecule has 1 aromatic carbocycles. The predicted octanol–water partition coefficient (Wildman–Crippen LogP) is 2.80. The van der Waals surface area contributed by atoms with Crippen LogP contribution in [0.15, 0.2) is 18.2 Å². The number of halogens is 2. The van der Waals surface area contributed by atoms with E-state index in [4.69, 9.17) is 15.2 Å². The van der Waals surface area contributed by atoms with Gasteiger partial charge in [0.05, 0.1) is 31.5 Å². The van der Waals surface area contributed by atoms with Crippen LogP contribution in [0.3, 0.4) is 0 Å². The van der Waals surface area contributed by atoms with Crippen LogP contribution in [0, 0.1) is 11.6 Å². The van der Waals surface area contributed by atoms with E-state index in [0.29, 0.717) is 13.2 Å². The molecule has 0 heterocycles. The Morgan fingerprint density at radius 2 is 1.89 bits per heavy atom. The first-order valence-electron chi connectivity index (χ1n) is 6.22. The van der Waals surface area contributed by atoms with Gasteiger partial charge in [-0.05, 0) is 39.0 Å². The Labute approximate surface area is 112 Å². The Morgan fingerprint density at radius 3 is 2.53 bits per heavy atom. The van der Waals surface area contributed by atoms with Crippen molar-refractivity contribution in [2.45, 2.75) is 32.4 Å². The van der Waals surface area contributed by atoms with Crippen molar-refractivity contribution in [3.8, 4) is 0 Å². The van der Waals surface area contributed by atoms with Crippen molar-refractivity contribution < 1.29 is 18.3 Å². The number of nitrogens with two attached hydrogens (primary N) is 1. The highest BCUT2D eigenvalue weighted by atomic mass is 19.1. The second kappa shape index (κ2) is 6.93. The van der Waals surface area contributed by atoms with Gasteiger partial charge in [0, 0.05) is 5.56 Å². The number of rotatable bonds is 6. The first-order valence-corrected chi connectivity index (χ1v) is 6.22. The quantitative estimate of drug-likeness (QED) is 0.811. The molecule has 0 saturated heterocycles. The van der Waals surface area contributed by atoms with E-state index in [1.54, 1.807) is 0 Å².